The first-order valence-electron chi connectivity index (χ1n) is 3.36. The van der Waals surface area contributed by atoms with Crippen LogP contribution in [-0.2, 0) is 17.9 Å². The fraction of sp³-hybridized carbons (Fsp3) is 0.667. The molecule has 1 aromatic rings. The zero-order valence-corrected chi connectivity index (χ0v) is 7.30. The van der Waals surface area contributed by atoms with E-state index in [-0.39, 0.29) is 0 Å². The van der Waals surface area contributed by atoms with Gasteiger partial charge in [0.2, 0.25) is 5.28 Å². The monoisotopic (exact) mass is 175 g/mol. The van der Waals surface area contributed by atoms with Crippen molar-refractivity contribution in [3.8, 4) is 0 Å². The highest BCUT2D eigenvalue weighted by atomic mass is 35.5. The molecule has 0 aliphatic rings. The van der Waals surface area contributed by atoms with Crippen LogP contribution in [0.1, 0.15) is 12.7 Å². The summed E-state index contributed by atoms with van der Waals surface area (Å²) in [5.74, 6) is 0.743. The van der Waals surface area contributed by atoms with Crippen LogP contribution >= 0.6 is 11.6 Å². The van der Waals surface area contributed by atoms with E-state index in [0.29, 0.717) is 12.0 Å². The molecule has 0 atom stereocenters. The quantitative estimate of drug-likeness (QED) is 0.691. The maximum atomic E-state index is 5.71. The van der Waals surface area contributed by atoms with E-state index in [9.17, 15) is 0 Å². The van der Waals surface area contributed by atoms with Gasteiger partial charge in [-0.25, -0.2) is 9.67 Å². The lowest BCUT2D eigenvalue weighted by Crippen LogP contribution is -2.02. The molecule has 0 aliphatic carbocycles. The van der Waals surface area contributed by atoms with Gasteiger partial charge in [-0.2, -0.15) is 5.10 Å². The largest absolute Gasteiger partial charge is 0.362 e. The van der Waals surface area contributed by atoms with Crippen LogP contribution in [0.3, 0.4) is 0 Å². The van der Waals surface area contributed by atoms with Crippen LogP contribution < -0.4 is 0 Å². The molecule has 0 aliphatic heterocycles. The zero-order valence-electron chi connectivity index (χ0n) is 6.54. The van der Waals surface area contributed by atoms with Gasteiger partial charge in [0.1, 0.15) is 6.73 Å². The predicted octanol–water partition coefficient (Wildman–Crippen LogP) is 1.10. The maximum Gasteiger partial charge on any atom is 0.223 e. The van der Waals surface area contributed by atoms with E-state index >= 15 is 0 Å². The van der Waals surface area contributed by atoms with E-state index < -0.39 is 0 Å². The molecule has 0 unspecified atom stereocenters. The highest BCUT2D eigenvalue weighted by molar-refractivity contribution is 6.28. The van der Waals surface area contributed by atoms with Gasteiger partial charge in [0.05, 0.1) is 0 Å². The Kier molecular flexibility index (Phi) is 2.84. The lowest BCUT2D eigenvalue weighted by Gasteiger charge is -1.96. The van der Waals surface area contributed by atoms with Gasteiger partial charge in [0.15, 0.2) is 5.82 Å². The second kappa shape index (κ2) is 3.69. The van der Waals surface area contributed by atoms with E-state index in [1.807, 2.05) is 6.92 Å². The minimum atomic E-state index is 0.353. The van der Waals surface area contributed by atoms with Crippen LogP contribution in [0.5, 0.6) is 0 Å². The molecule has 1 aromatic heterocycles. The standard InChI is InChI=1S/C6H10ClN3O/c1-3-5-8-6(7)10(9-5)4-11-2/h3-4H2,1-2H3. The molecule has 1 rings (SSSR count). The lowest BCUT2D eigenvalue weighted by atomic mass is 10.5. The number of nitrogens with zero attached hydrogens (tertiary/aromatic N) is 3. The highest BCUT2D eigenvalue weighted by Gasteiger charge is 2.04. The van der Waals surface area contributed by atoms with Crippen LogP contribution in [-0.4, -0.2) is 21.9 Å². The number of hydrogen-bond acceptors (Lipinski definition) is 3. The van der Waals surface area contributed by atoms with Gasteiger partial charge >= 0.3 is 0 Å². The first kappa shape index (κ1) is 8.49. The van der Waals surface area contributed by atoms with E-state index in [1.165, 1.54) is 4.68 Å². The minimum absolute atomic E-state index is 0.353. The Balaban J connectivity index is 2.79. The normalized spacial score (nSPS) is 10.5. The third-order valence-electron chi connectivity index (χ3n) is 1.24. The summed E-state index contributed by atoms with van der Waals surface area (Å²) in [6, 6.07) is 0. The van der Waals surface area contributed by atoms with Crippen molar-refractivity contribution in [3.63, 3.8) is 0 Å². The summed E-state index contributed by atoms with van der Waals surface area (Å²) < 4.78 is 6.36. The number of rotatable bonds is 3. The Bertz CT molecular complexity index is 236. The smallest absolute Gasteiger partial charge is 0.223 e. The molecule has 0 aromatic carbocycles. The van der Waals surface area contributed by atoms with Crippen molar-refractivity contribution in [2.24, 2.45) is 0 Å². The molecule has 0 saturated carbocycles. The van der Waals surface area contributed by atoms with Gasteiger partial charge in [0, 0.05) is 13.5 Å². The van der Waals surface area contributed by atoms with Crippen LogP contribution in [0.2, 0.25) is 5.28 Å². The van der Waals surface area contributed by atoms with Crippen LogP contribution in [0.4, 0.5) is 0 Å². The SMILES string of the molecule is CCc1nc(Cl)n(COC)n1. The second-order valence-corrected chi connectivity index (χ2v) is 2.41. The molecule has 0 amide bonds. The average Bonchev–Trinajstić information content (AvgIpc) is 2.33. The Morgan fingerprint density at radius 1 is 1.64 bits per heavy atom. The van der Waals surface area contributed by atoms with Crippen LogP contribution in [0.15, 0.2) is 0 Å². The first-order chi connectivity index (χ1) is 5.27. The molecular formula is C6H10ClN3O. The van der Waals surface area contributed by atoms with E-state index in [4.69, 9.17) is 16.3 Å². The lowest BCUT2D eigenvalue weighted by molar-refractivity contribution is 0.120. The number of hydrogen-bond donors (Lipinski definition) is 0. The summed E-state index contributed by atoms with van der Waals surface area (Å²) in [5.41, 5.74) is 0. The molecule has 5 heteroatoms. The molecule has 0 fully saturated rings. The Labute approximate surface area is 70.1 Å². The third kappa shape index (κ3) is 1.91. The number of methoxy groups -OCH3 is 1. The third-order valence-corrected chi connectivity index (χ3v) is 1.52. The summed E-state index contributed by atoms with van der Waals surface area (Å²) in [4.78, 5) is 3.99. The number of aryl methyl sites for hydroxylation is 1. The maximum absolute atomic E-state index is 5.71. The predicted molar refractivity (Wildman–Crippen MR) is 41.4 cm³/mol. The molecule has 0 spiro atoms. The van der Waals surface area contributed by atoms with Crippen molar-refractivity contribution < 1.29 is 4.74 Å². The van der Waals surface area contributed by atoms with E-state index in [2.05, 4.69) is 10.1 Å². The van der Waals surface area contributed by atoms with Crippen LogP contribution in [0.25, 0.3) is 0 Å². The van der Waals surface area contributed by atoms with Crippen molar-refractivity contribution in [2.75, 3.05) is 7.11 Å². The van der Waals surface area contributed by atoms with Gasteiger partial charge in [-0.15, -0.1) is 0 Å². The van der Waals surface area contributed by atoms with E-state index in [1.54, 1.807) is 7.11 Å². The van der Waals surface area contributed by atoms with Crippen molar-refractivity contribution in [3.05, 3.63) is 11.1 Å². The highest BCUT2D eigenvalue weighted by Crippen LogP contribution is 2.05. The summed E-state index contributed by atoms with van der Waals surface area (Å²) >= 11 is 5.71. The average molecular weight is 176 g/mol. The van der Waals surface area contributed by atoms with Crippen molar-refractivity contribution in [1.82, 2.24) is 14.8 Å². The van der Waals surface area contributed by atoms with E-state index in [0.717, 1.165) is 12.2 Å². The first-order valence-corrected chi connectivity index (χ1v) is 3.74. The molecule has 11 heavy (non-hydrogen) atoms. The van der Waals surface area contributed by atoms with Gasteiger partial charge in [0.25, 0.3) is 0 Å². The van der Waals surface area contributed by atoms with Crippen molar-refractivity contribution in [2.45, 2.75) is 20.1 Å². The molecule has 0 bridgehead atoms. The molecule has 62 valence electrons. The topological polar surface area (TPSA) is 39.9 Å². The summed E-state index contributed by atoms with van der Waals surface area (Å²) in [5, 5.41) is 4.45. The van der Waals surface area contributed by atoms with Gasteiger partial charge in [-0.3, -0.25) is 0 Å². The summed E-state index contributed by atoms with van der Waals surface area (Å²) in [6.07, 6.45) is 0.788. The zero-order chi connectivity index (χ0) is 8.27. The molecule has 1 heterocycles. The van der Waals surface area contributed by atoms with Gasteiger partial charge < -0.3 is 4.74 Å². The minimum Gasteiger partial charge on any atom is -0.362 e. The molecular weight excluding hydrogens is 166 g/mol. The fourth-order valence-electron chi connectivity index (χ4n) is 0.721. The fourth-order valence-corrected chi connectivity index (χ4v) is 0.906. The van der Waals surface area contributed by atoms with Crippen molar-refractivity contribution in [1.29, 1.82) is 0 Å². The Morgan fingerprint density at radius 2 is 2.36 bits per heavy atom. The molecule has 0 radical (unpaired) electrons. The number of aromatic nitrogens is 3. The van der Waals surface area contributed by atoms with Gasteiger partial charge in [-0.05, 0) is 11.6 Å². The Morgan fingerprint density at radius 3 is 2.82 bits per heavy atom. The molecule has 0 N–H and O–H groups in total. The Hall–Kier alpha value is -0.610. The second-order valence-electron chi connectivity index (χ2n) is 2.07. The van der Waals surface area contributed by atoms with Crippen molar-refractivity contribution >= 4 is 11.6 Å². The summed E-state index contributed by atoms with van der Waals surface area (Å²) in [7, 11) is 1.59. The number of ether oxygens (including phenoxy) is 1. The van der Waals surface area contributed by atoms with Gasteiger partial charge in [-0.1, -0.05) is 6.92 Å². The summed E-state index contributed by atoms with van der Waals surface area (Å²) in [6.45, 7) is 2.33. The molecule has 0 saturated heterocycles. The molecule has 4 nitrogen and oxygen atoms in total. The van der Waals surface area contributed by atoms with Crippen LogP contribution in [0, 0.1) is 0 Å². The number of halogens is 1.